The summed E-state index contributed by atoms with van der Waals surface area (Å²) in [6.07, 6.45) is 6.53. The lowest BCUT2D eigenvalue weighted by molar-refractivity contribution is -0.150. The maximum absolute atomic E-state index is 15.6. The fraction of sp³-hybridized carbons (Fsp3) is 0.410. The Bertz CT molecular complexity index is 3970. The van der Waals surface area contributed by atoms with Gasteiger partial charge in [0.1, 0.15) is 29.7 Å². The molecule has 2 aliphatic heterocycles. The number of carbonyl (C=O) groups excluding carboxylic acids is 2. The van der Waals surface area contributed by atoms with Crippen LogP contribution in [0.25, 0.3) is 33.5 Å². The molecule has 7 N–H and O–H groups in total. The Kier molecular flexibility index (Phi) is 22.3. The van der Waals surface area contributed by atoms with Gasteiger partial charge < -0.3 is 70.1 Å². The second kappa shape index (κ2) is 31.2. The van der Waals surface area contributed by atoms with Crippen molar-refractivity contribution in [3.05, 3.63) is 124 Å². The number of carbonyl (C=O) groups is 3. The van der Waals surface area contributed by atoms with Crippen LogP contribution >= 0.6 is 11.6 Å². The van der Waals surface area contributed by atoms with E-state index in [1.807, 2.05) is 11.0 Å². The third-order valence-electron chi connectivity index (χ3n) is 15.1. The normalized spacial score (nSPS) is 14.0. The Morgan fingerprint density at radius 1 is 0.796 bits per heavy atom. The number of nitriles is 1. The molecule has 10 rings (SSSR count). The first-order chi connectivity index (χ1) is 45.0. The number of rotatable bonds is 34. The zero-order valence-corrected chi connectivity index (χ0v) is 51.5. The highest BCUT2D eigenvalue weighted by atomic mass is 35.5. The zero-order chi connectivity index (χ0) is 65.4. The summed E-state index contributed by atoms with van der Waals surface area (Å²) in [4.78, 5) is 75.8. The number of aryl methyl sites for hydroxylation is 2. The van der Waals surface area contributed by atoms with Crippen LogP contribution in [-0.2, 0) is 57.5 Å². The number of benzene rings is 2. The number of aromatic nitrogens is 11. The van der Waals surface area contributed by atoms with Crippen molar-refractivity contribution in [2.45, 2.75) is 51.9 Å². The lowest BCUT2D eigenvalue weighted by atomic mass is 9.73. The quantitative estimate of drug-likeness (QED) is 0.0293. The van der Waals surface area contributed by atoms with Gasteiger partial charge in [-0.3, -0.25) is 9.59 Å². The summed E-state index contributed by atoms with van der Waals surface area (Å²) >= 11 is 6.71. The van der Waals surface area contributed by atoms with E-state index in [1.54, 1.807) is 53.9 Å². The van der Waals surface area contributed by atoms with Crippen molar-refractivity contribution in [3.8, 4) is 23.2 Å². The van der Waals surface area contributed by atoms with Crippen LogP contribution in [0.1, 0.15) is 58.0 Å². The number of carboxylic acid groups (broad SMARTS) is 1. The summed E-state index contributed by atoms with van der Waals surface area (Å²) < 4.78 is 65.5. The third-order valence-corrected chi connectivity index (χ3v) is 15.6. The molecule has 32 heteroatoms. The van der Waals surface area contributed by atoms with Crippen molar-refractivity contribution >= 4 is 74.9 Å². The van der Waals surface area contributed by atoms with E-state index in [4.69, 9.17) is 45.8 Å². The highest BCUT2D eigenvalue weighted by Crippen LogP contribution is 2.42. The molecular formula is C61H67ClF2N18O11. The molecule has 0 saturated carbocycles. The van der Waals surface area contributed by atoms with Crippen LogP contribution < -0.4 is 26.6 Å². The van der Waals surface area contributed by atoms with Crippen molar-refractivity contribution in [2.75, 3.05) is 127 Å². The van der Waals surface area contributed by atoms with Crippen molar-refractivity contribution < 1.29 is 61.8 Å². The number of nitrogens with one attached hydrogen (secondary N) is 3. The molecule has 1 spiro atoms. The molecule has 2 aromatic carbocycles. The summed E-state index contributed by atoms with van der Waals surface area (Å²) in [5, 5.41) is 46.6. The highest BCUT2D eigenvalue weighted by molar-refractivity contribution is 6.35. The molecule has 2 atom stereocenters. The third kappa shape index (κ3) is 17.3. The maximum atomic E-state index is 15.6. The highest BCUT2D eigenvalue weighted by Gasteiger charge is 2.53. The molecule has 2 saturated heterocycles. The number of carboxylic acids is 1. The molecule has 8 aromatic rings. The summed E-state index contributed by atoms with van der Waals surface area (Å²) in [5.41, 5.74) is 9.84. The van der Waals surface area contributed by atoms with Crippen molar-refractivity contribution in [1.29, 1.82) is 5.26 Å². The maximum Gasteiger partial charge on any atom is 0.326 e. The number of hydrogen-bond donors (Lipinski definition) is 6. The van der Waals surface area contributed by atoms with E-state index in [1.165, 1.54) is 42.9 Å². The van der Waals surface area contributed by atoms with Gasteiger partial charge in [0.15, 0.2) is 17.0 Å². The minimum Gasteiger partial charge on any atom is -0.492 e. The molecule has 29 nitrogen and oxygen atoms in total. The predicted molar refractivity (Wildman–Crippen MR) is 332 cm³/mol. The molecule has 93 heavy (non-hydrogen) atoms. The minimum absolute atomic E-state index is 0.0202. The summed E-state index contributed by atoms with van der Waals surface area (Å²) in [6.45, 7) is 10.3. The smallest absolute Gasteiger partial charge is 0.326 e. The van der Waals surface area contributed by atoms with Gasteiger partial charge in [-0.15, -0.1) is 5.10 Å². The number of nitrogens with zero attached hydrogens (tertiary/aromatic N) is 14. The lowest BCUT2D eigenvalue weighted by Gasteiger charge is -2.60. The Balaban J connectivity index is 0.511. The zero-order valence-electron chi connectivity index (χ0n) is 50.8. The first kappa shape index (κ1) is 66.4. The van der Waals surface area contributed by atoms with E-state index >= 15 is 4.39 Å². The van der Waals surface area contributed by atoms with Crippen molar-refractivity contribution in [2.24, 2.45) is 5.41 Å². The van der Waals surface area contributed by atoms with E-state index in [0.717, 1.165) is 0 Å². The topological polar surface area (TPSA) is 373 Å². The molecule has 2 aliphatic rings. The Labute approximate surface area is 535 Å². The summed E-state index contributed by atoms with van der Waals surface area (Å²) in [6, 6.07) is 12.0. The minimum atomic E-state index is -1.18. The van der Waals surface area contributed by atoms with Crippen LogP contribution in [0.4, 0.5) is 32.1 Å². The van der Waals surface area contributed by atoms with Crippen LogP contribution in [0, 0.1) is 35.3 Å². The number of aliphatic carboxylic acids is 1. The molecule has 0 unspecified atom stereocenters. The summed E-state index contributed by atoms with van der Waals surface area (Å²) in [5.74, 6) is -3.02. The number of pyridine rings is 2. The number of likely N-dealkylation sites (tertiary alicyclic amines) is 1. The average Bonchev–Trinajstić information content (AvgIpc) is 1.00. The Morgan fingerprint density at radius 2 is 1.46 bits per heavy atom. The SMILES string of the molecule is Cc1nc2cc(F)c(-c3cnc(N4CC5(CN(C(=O)COCCOCCOCCOCCOCCOCCn6cc(CC[C@H](NC(=O)c7ccc(NCc8cnc9nc(N)nc(O)c9n8)cc7)C(=O)O)nn6)C5)C4)nc3)nc2c(N[C@H](C)c2cc(C#N)ccc2F)c1Cl. The molecular weight excluding hydrogens is 1230 g/mol. The van der Waals surface area contributed by atoms with Crippen LogP contribution in [0.5, 0.6) is 5.88 Å². The van der Waals surface area contributed by atoms with Gasteiger partial charge in [-0.25, -0.2) is 48.2 Å². The fourth-order valence-electron chi connectivity index (χ4n) is 10.3. The average molecular weight is 1300 g/mol. The van der Waals surface area contributed by atoms with Crippen LogP contribution in [0.2, 0.25) is 5.02 Å². The number of anilines is 4. The molecule has 6 aromatic heterocycles. The molecule has 8 heterocycles. The molecule has 488 valence electrons. The first-order valence-electron chi connectivity index (χ1n) is 29.7. The molecule has 2 fully saturated rings. The van der Waals surface area contributed by atoms with Crippen molar-refractivity contribution in [1.82, 2.24) is 65.1 Å². The first-order valence-corrected chi connectivity index (χ1v) is 30.1. The van der Waals surface area contributed by atoms with Gasteiger partial charge in [-0.05, 0) is 69.2 Å². The molecule has 0 aliphatic carbocycles. The second-order valence-corrected chi connectivity index (χ2v) is 22.4. The number of nitrogens with two attached hydrogens (primary N) is 1. The fourth-order valence-corrected chi connectivity index (χ4v) is 10.5. The van der Waals surface area contributed by atoms with E-state index < -0.39 is 35.6 Å². The Hall–Kier alpha value is -9.55. The van der Waals surface area contributed by atoms with Gasteiger partial charge in [0.05, 0.1) is 143 Å². The van der Waals surface area contributed by atoms with Crippen LogP contribution in [0.15, 0.2) is 73.3 Å². The van der Waals surface area contributed by atoms with Gasteiger partial charge in [0.2, 0.25) is 23.7 Å². The number of ether oxygens (including phenoxy) is 6. The van der Waals surface area contributed by atoms with Gasteiger partial charge >= 0.3 is 5.97 Å². The number of hydrogen-bond acceptors (Lipinski definition) is 25. The monoisotopic (exact) mass is 1300 g/mol. The Morgan fingerprint density at radius 3 is 2.13 bits per heavy atom. The van der Waals surface area contributed by atoms with Gasteiger partial charge in [-0.2, -0.15) is 15.2 Å². The van der Waals surface area contributed by atoms with E-state index in [-0.39, 0.29) is 99.8 Å². The molecule has 0 bridgehead atoms. The number of halogens is 3. The van der Waals surface area contributed by atoms with Crippen LogP contribution in [-0.4, -0.2) is 199 Å². The van der Waals surface area contributed by atoms with E-state index in [0.29, 0.717) is 144 Å². The molecule has 0 radical (unpaired) electrons. The summed E-state index contributed by atoms with van der Waals surface area (Å²) in [7, 11) is 0. The van der Waals surface area contributed by atoms with E-state index in [2.05, 4.69) is 66.1 Å². The van der Waals surface area contributed by atoms with Gasteiger partial charge in [-0.1, -0.05) is 16.8 Å². The van der Waals surface area contributed by atoms with Gasteiger partial charge in [0, 0.05) is 78.6 Å². The second-order valence-electron chi connectivity index (χ2n) is 22.0. The van der Waals surface area contributed by atoms with Gasteiger partial charge in [0.25, 0.3) is 5.91 Å². The molecule has 2 amide bonds. The number of aromatic hydroxyl groups is 1. The van der Waals surface area contributed by atoms with E-state index in [9.17, 15) is 34.2 Å². The van der Waals surface area contributed by atoms with Crippen LogP contribution in [0.3, 0.4) is 0 Å². The largest absolute Gasteiger partial charge is 0.492 e. The lowest BCUT2D eigenvalue weighted by Crippen LogP contribution is -2.73. The number of fused-ring (bicyclic) bond motifs is 2. The predicted octanol–water partition coefficient (Wildman–Crippen LogP) is 4.86. The number of amides is 2. The number of nitrogen functional groups attached to an aromatic ring is 1. The van der Waals surface area contributed by atoms with Crippen molar-refractivity contribution in [3.63, 3.8) is 0 Å². The standard InChI is InChI=1S/C61H67ClF2N18O11/c1-36(44-23-38(25-65)3-9-45(44)63)72-53-50(62)37(2)71-48-24-46(64)51(75-52(48)53)40-26-69-60(70-27-40)81-34-61(35-81)32-80(33-61)49(83)31-93-22-21-92-20-19-91-18-17-90-16-15-89-14-13-88-12-11-82-30-42(78-79-82)8-10-47(58(86)87)74-56(84)39-4-6-41(7-5-39)67-28-43-29-68-55-54(73-43)57(85)77-59(66)76-55/h3-7,9,23-24,26-27,29-30,36,47,67H,8,10-22,28,31-35H2,1-2H3,(H,71,72)(H,74,84)(H,86,87)(H3,66,68,76,77,85)/t36-,47+/m1/s1.